The summed E-state index contributed by atoms with van der Waals surface area (Å²) in [6.07, 6.45) is -0.986. The molecule has 146 valence electrons. The van der Waals surface area contributed by atoms with Crippen molar-refractivity contribution < 1.29 is 17.4 Å². The minimum atomic E-state index is -4.30. The zero-order chi connectivity index (χ0) is 20.4. The van der Waals surface area contributed by atoms with Crippen LogP contribution in [0.2, 0.25) is 0 Å². The molecule has 0 aliphatic heterocycles. The van der Waals surface area contributed by atoms with Crippen LogP contribution in [0.25, 0.3) is 10.8 Å². The lowest BCUT2D eigenvalue weighted by Gasteiger charge is -2.09. The lowest BCUT2D eigenvalue weighted by Crippen LogP contribution is -2.06. The third-order valence-electron chi connectivity index (χ3n) is 4.02. The van der Waals surface area contributed by atoms with Crippen LogP contribution in [-0.4, -0.2) is 27.9 Å². The van der Waals surface area contributed by atoms with Crippen LogP contribution in [0, 0.1) is 6.08 Å². The van der Waals surface area contributed by atoms with Crippen molar-refractivity contribution in [2.75, 3.05) is 10.6 Å². The topological polar surface area (TPSA) is 117 Å². The summed E-state index contributed by atoms with van der Waals surface area (Å²) in [5.74, 6) is -0.0646. The maximum atomic E-state index is 13.9. The van der Waals surface area contributed by atoms with E-state index in [1.165, 1.54) is 24.3 Å². The number of hydrogen-bond acceptors (Lipinski definition) is 7. The Kier molecular flexibility index (Phi) is 4.79. The van der Waals surface area contributed by atoms with Gasteiger partial charge in [-0.1, -0.05) is 30.3 Å². The zero-order valence-corrected chi connectivity index (χ0v) is 15.6. The van der Waals surface area contributed by atoms with Crippen LogP contribution in [0.5, 0.6) is 0 Å². The van der Waals surface area contributed by atoms with Crippen molar-refractivity contribution in [2.24, 2.45) is 0 Å². The number of nitrogens with one attached hydrogen (secondary N) is 2. The Morgan fingerprint density at radius 2 is 1.34 bits per heavy atom. The van der Waals surface area contributed by atoms with E-state index in [4.69, 9.17) is 4.55 Å². The van der Waals surface area contributed by atoms with Crippen molar-refractivity contribution in [3.63, 3.8) is 0 Å². The standard InChI is InChI=1S/C19H14FN5O3S/c20-17-23-18(21-14-7-9-16(10-8-14)29(26,27)28)25-19(24-17)22-15-6-5-12-3-1-2-4-13(12)11-15/h1-11H,(H,26,27,28)(H2,21,22,23,24,25). The summed E-state index contributed by atoms with van der Waals surface area (Å²) in [6, 6.07) is 18.6. The van der Waals surface area contributed by atoms with Crippen molar-refractivity contribution in [3.05, 3.63) is 72.8 Å². The summed E-state index contributed by atoms with van der Waals surface area (Å²) >= 11 is 0. The molecule has 10 heteroatoms. The third-order valence-corrected chi connectivity index (χ3v) is 4.89. The van der Waals surface area contributed by atoms with Crippen LogP contribution in [0.4, 0.5) is 27.7 Å². The van der Waals surface area contributed by atoms with Crippen molar-refractivity contribution in [2.45, 2.75) is 4.90 Å². The normalized spacial score (nSPS) is 11.4. The first-order chi connectivity index (χ1) is 13.9. The first kappa shape index (κ1) is 18.7. The Labute approximate surface area is 165 Å². The molecular formula is C19H14FN5O3S. The van der Waals surface area contributed by atoms with Gasteiger partial charge in [-0.2, -0.15) is 27.8 Å². The quantitative estimate of drug-likeness (QED) is 0.423. The van der Waals surface area contributed by atoms with Gasteiger partial charge in [-0.25, -0.2) is 0 Å². The summed E-state index contributed by atoms with van der Waals surface area (Å²) in [5.41, 5.74) is 1.08. The maximum absolute atomic E-state index is 13.9. The van der Waals surface area contributed by atoms with Crippen molar-refractivity contribution in [1.82, 2.24) is 15.0 Å². The van der Waals surface area contributed by atoms with E-state index in [2.05, 4.69) is 25.6 Å². The number of hydrogen-bond donors (Lipinski definition) is 3. The van der Waals surface area contributed by atoms with Crippen LogP contribution in [0.15, 0.2) is 71.6 Å². The highest BCUT2D eigenvalue weighted by Crippen LogP contribution is 2.22. The van der Waals surface area contributed by atoms with E-state index in [-0.39, 0.29) is 16.8 Å². The predicted octanol–water partition coefficient (Wildman–Crippen LogP) is 3.90. The number of rotatable bonds is 5. The molecule has 29 heavy (non-hydrogen) atoms. The van der Waals surface area contributed by atoms with E-state index >= 15 is 0 Å². The fourth-order valence-electron chi connectivity index (χ4n) is 2.70. The van der Waals surface area contributed by atoms with Gasteiger partial charge in [0.1, 0.15) is 0 Å². The van der Waals surface area contributed by atoms with Crippen molar-refractivity contribution in [3.8, 4) is 0 Å². The smallest absolute Gasteiger partial charge is 0.315 e. The van der Waals surface area contributed by atoms with E-state index in [0.717, 1.165) is 10.8 Å². The molecular weight excluding hydrogens is 397 g/mol. The second-order valence-electron chi connectivity index (χ2n) is 6.06. The molecule has 4 aromatic rings. The van der Waals surface area contributed by atoms with E-state index in [0.29, 0.717) is 11.4 Å². The van der Waals surface area contributed by atoms with Gasteiger partial charge in [0.15, 0.2) is 0 Å². The second kappa shape index (κ2) is 7.41. The number of fused-ring (bicyclic) bond motifs is 1. The Morgan fingerprint density at radius 1 is 0.759 bits per heavy atom. The second-order valence-corrected chi connectivity index (χ2v) is 7.48. The third kappa shape index (κ3) is 4.45. The molecule has 0 spiro atoms. The highest BCUT2D eigenvalue weighted by molar-refractivity contribution is 7.85. The maximum Gasteiger partial charge on any atom is 0.315 e. The first-order valence-electron chi connectivity index (χ1n) is 8.39. The monoisotopic (exact) mass is 411 g/mol. The molecule has 1 heterocycles. The molecule has 0 aliphatic carbocycles. The molecule has 0 radical (unpaired) electrons. The van der Waals surface area contributed by atoms with Crippen LogP contribution < -0.4 is 10.6 Å². The molecule has 3 aromatic carbocycles. The number of benzene rings is 3. The summed E-state index contributed by atoms with van der Waals surface area (Å²) in [5, 5.41) is 7.77. The summed E-state index contributed by atoms with van der Waals surface area (Å²) < 4.78 is 45.0. The Morgan fingerprint density at radius 3 is 2.00 bits per heavy atom. The molecule has 0 saturated heterocycles. The fraction of sp³-hybridized carbons (Fsp3) is 0. The van der Waals surface area contributed by atoms with E-state index in [9.17, 15) is 12.8 Å². The highest BCUT2D eigenvalue weighted by Gasteiger charge is 2.10. The van der Waals surface area contributed by atoms with Gasteiger partial charge in [0.05, 0.1) is 4.90 Å². The lowest BCUT2D eigenvalue weighted by atomic mass is 10.1. The zero-order valence-electron chi connectivity index (χ0n) is 14.7. The highest BCUT2D eigenvalue weighted by atomic mass is 32.2. The Balaban J connectivity index is 1.57. The van der Waals surface area contributed by atoms with Gasteiger partial charge in [-0.15, -0.1) is 0 Å². The van der Waals surface area contributed by atoms with E-state index in [1.807, 2.05) is 42.5 Å². The summed E-state index contributed by atoms with van der Waals surface area (Å²) in [4.78, 5) is 11.1. The Bertz CT molecular complexity index is 1300. The number of nitrogens with zero attached hydrogens (tertiary/aromatic N) is 3. The largest absolute Gasteiger partial charge is 0.324 e. The lowest BCUT2D eigenvalue weighted by molar-refractivity contribution is 0.483. The van der Waals surface area contributed by atoms with Crippen LogP contribution in [0.3, 0.4) is 0 Å². The van der Waals surface area contributed by atoms with Crippen LogP contribution in [0.1, 0.15) is 0 Å². The van der Waals surface area contributed by atoms with Gasteiger partial charge in [-0.3, -0.25) is 4.55 Å². The van der Waals surface area contributed by atoms with Gasteiger partial charge in [-0.05, 0) is 47.2 Å². The van der Waals surface area contributed by atoms with Gasteiger partial charge in [0.2, 0.25) is 11.9 Å². The van der Waals surface area contributed by atoms with Gasteiger partial charge in [0, 0.05) is 11.4 Å². The SMILES string of the molecule is O=S(=O)(O)c1ccc(Nc2nc(F)nc(Nc3ccc4ccccc4c3)n2)cc1. The number of halogens is 1. The van der Waals surface area contributed by atoms with Gasteiger partial charge < -0.3 is 10.6 Å². The minimum absolute atomic E-state index is 0.00448. The molecule has 0 fully saturated rings. The summed E-state index contributed by atoms with van der Waals surface area (Å²) in [7, 11) is -4.30. The molecule has 1 aromatic heterocycles. The van der Waals surface area contributed by atoms with Crippen LogP contribution in [-0.2, 0) is 10.1 Å². The average Bonchev–Trinajstić information content (AvgIpc) is 2.67. The fourth-order valence-corrected chi connectivity index (χ4v) is 3.18. The molecule has 0 bridgehead atoms. The van der Waals surface area contributed by atoms with Gasteiger partial charge >= 0.3 is 6.08 Å². The van der Waals surface area contributed by atoms with Crippen molar-refractivity contribution in [1.29, 1.82) is 0 Å². The molecule has 3 N–H and O–H groups in total. The molecule has 0 aliphatic rings. The summed E-state index contributed by atoms with van der Waals surface area (Å²) in [6.45, 7) is 0. The first-order valence-corrected chi connectivity index (χ1v) is 9.83. The molecule has 0 amide bonds. The predicted molar refractivity (Wildman–Crippen MR) is 107 cm³/mol. The molecule has 0 atom stereocenters. The van der Waals surface area contributed by atoms with Crippen molar-refractivity contribution >= 4 is 44.2 Å². The van der Waals surface area contributed by atoms with E-state index < -0.39 is 16.2 Å². The van der Waals surface area contributed by atoms with Crippen LogP contribution >= 0.6 is 0 Å². The molecule has 8 nitrogen and oxygen atoms in total. The molecule has 0 unspecified atom stereocenters. The number of anilines is 4. The Hall–Kier alpha value is -3.63. The average molecular weight is 411 g/mol. The van der Waals surface area contributed by atoms with E-state index in [1.54, 1.807) is 0 Å². The van der Waals surface area contributed by atoms with Gasteiger partial charge in [0.25, 0.3) is 10.1 Å². The minimum Gasteiger partial charge on any atom is -0.324 e. The molecule has 0 saturated carbocycles. The number of aromatic nitrogens is 3. The molecule has 4 rings (SSSR count).